The van der Waals surface area contributed by atoms with Gasteiger partial charge in [-0.05, 0) is 30.2 Å². The molecule has 9 heteroatoms. The lowest BCUT2D eigenvalue weighted by Gasteiger charge is -2.18. The summed E-state index contributed by atoms with van der Waals surface area (Å²) in [6.07, 6.45) is 3.39. The van der Waals surface area contributed by atoms with Gasteiger partial charge in [-0.2, -0.15) is 0 Å². The molecule has 0 radical (unpaired) electrons. The predicted octanol–water partition coefficient (Wildman–Crippen LogP) is 3.65. The van der Waals surface area contributed by atoms with Crippen molar-refractivity contribution in [1.29, 1.82) is 0 Å². The van der Waals surface area contributed by atoms with Crippen molar-refractivity contribution in [3.05, 3.63) is 51.6 Å². The van der Waals surface area contributed by atoms with Gasteiger partial charge in [-0.15, -0.1) is 0 Å². The number of nitrogens with one attached hydrogen (secondary N) is 1. The molecule has 1 N–H and O–H groups in total. The van der Waals surface area contributed by atoms with Gasteiger partial charge in [0.15, 0.2) is 12.4 Å². The van der Waals surface area contributed by atoms with E-state index in [2.05, 4.69) is 20.0 Å². The fraction of sp³-hybridized carbons (Fsp3) is 0.211. The summed E-state index contributed by atoms with van der Waals surface area (Å²) in [5.74, 6) is -1.56. The molecule has 1 aromatic heterocycles. The van der Waals surface area contributed by atoms with Crippen molar-refractivity contribution < 1.29 is 19.1 Å². The fourth-order valence-corrected chi connectivity index (χ4v) is 2.99. The Bertz CT molecular complexity index is 991. The van der Waals surface area contributed by atoms with Gasteiger partial charge in [0.05, 0.1) is 27.8 Å². The molecule has 1 atom stereocenters. The molecular formula is C19H15Cl2N3O4. The van der Waals surface area contributed by atoms with E-state index in [0.29, 0.717) is 27.7 Å². The molecule has 1 aliphatic heterocycles. The van der Waals surface area contributed by atoms with E-state index in [0.717, 1.165) is 5.56 Å². The Labute approximate surface area is 170 Å². The van der Waals surface area contributed by atoms with Gasteiger partial charge in [-0.1, -0.05) is 29.3 Å². The van der Waals surface area contributed by atoms with E-state index in [1.807, 2.05) is 0 Å². The van der Waals surface area contributed by atoms with Crippen LogP contribution in [0.2, 0.25) is 10.0 Å². The molecule has 0 spiro atoms. The summed E-state index contributed by atoms with van der Waals surface area (Å²) in [6.45, 7) is 0.773. The highest BCUT2D eigenvalue weighted by Crippen LogP contribution is 2.30. The van der Waals surface area contributed by atoms with Crippen LogP contribution in [0.1, 0.15) is 22.8 Å². The lowest BCUT2D eigenvalue weighted by Crippen LogP contribution is -2.23. The molecule has 0 bridgehead atoms. The number of anilines is 1. The van der Waals surface area contributed by atoms with Crippen LogP contribution < -0.4 is 5.32 Å². The van der Waals surface area contributed by atoms with Crippen molar-refractivity contribution in [3.8, 4) is 0 Å². The van der Waals surface area contributed by atoms with Gasteiger partial charge >= 0.3 is 5.97 Å². The van der Waals surface area contributed by atoms with Gasteiger partial charge in [0.25, 0.3) is 5.91 Å². The third kappa shape index (κ3) is 4.74. The number of aromatic nitrogens is 1. The number of rotatable bonds is 5. The SMILES string of the molecule is CC(=O)OCC(=O)Nc1cc2c(cn1)N=CC(Cc1ccc(Cl)c(Cl)c1)C2=O. The van der Waals surface area contributed by atoms with Crippen molar-refractivity contribution in [2.24, 2.45) is 10.9 Å². The van der Waals surface area contributed by atoms with Gasteiger partial charge < -0.3 is 10.1 Å². The van der Waals surface area contributed by atoms with Gasteiger partial charge in [0.1, 0.15) is 5.82 Å². The maximum absolute atomic E-state index is 12.9. The number of Topliss-reactive ketones (excluding diaryl/α,β-unsaturated/α-hetero) is 1. The zero-order chi connectivity index (χ0) is 20.3. The van der Waals surface area contributed by atoms with Crippen LogP contribution in [0.15, 0.2) is 35.5 Å². The third-order valence-corrected chi connectivity index (χ3v) is 4.73. The van der Waals surface area contributed by atoms with Crippen LogP contribution in [0.3, 0.4) is 0 Å². The van der Waals surface area contributed by atoms with Gasteiger partial charge in [0.2, 0.25) is 0 Å². The summed E-state index contributed by atoms with van der Waals surface area (Å²) in [5, 5.41) is 3.35. The number of fused-ring (bicyclic) bond motifs is 1. The Morgan fingerprint density at radius 3 is 2.71 bits per heavy atom. The highest BCUT2D eigenvalue weighted by atomic mass is 35.5. The molecule has 1 aromatic carbocycles. The van der Waals surface area contributed by atoms with Crippen LogP contribution in [0, 0.1) is 5.92 Å². The molecule has 2 aromatic rings. The summed E-state index contributed by atoms with van der Waals surface area (Å²) in [5.41, 5.74) is 1.63. The Kier molecular flexibility index (Phi) is 6.06. The number of ketones is 1. The Balaban J connectivity index is 1.74. The molecule has 3 rings (SSSR count). The lowest BCUT2D eigenvalue weighted by atomic mass is 9.90. The molecule has 0 saturated heterocycles. The van der Waals surface area contributed by atoms with E-state index in [1.165, 1.54) is 19.2 Å². The number of esters is 1. The number of ether oxygens (including phenoxy) is 1. The van der Waals surface area contributed by atoms with Crippen molar-refractivity contribution in [3.63, 3.8) is 0 Å². The highest BCUT2D eigenvalue weighted by Gasteiger charge is 2.26. The fourth-order valence-electron chi connectivity index (χ4n) is 2.67. The Morgan fingerprint density at radius 2 is 2.00 bits per heavy atom. The number of halogens is 2. The number of pyridine rings is 1. The molecule has 28 heavy (non-hydrogen) atoms. The first-order valence-electron chi connectivity index (χ1n) is 8.29. The predicted molar refractivity (Wildman–Crippen MR) is 106 cm³/mol. The standard InChI is InChI=1S/C19H15Cl2N3O4/c1-10(25)28-9-18(26)24-17-6-13-16(8-23-17)22-7-12(19(13)27)4-11-2-3-14(20)15(21)5-11/h2-3,5-8,12H,4,9H2,1H3,(H,23,24,26). The van der Waals surface area contributed by atoms with Crippen molar-refractivity contribution in [2.45, 2.75) is 13.3 Å². The highest BCUT2D eigenvalue weighted by molar-refractivity contribution is 6.42. The molecule has 0 aliphatic carbocycles. The Morgan fingerprint density at radius 1 is 1.21 bits per heavy atom. The number of hydrogen-bond acceptors (Lipinski definition) is 6. The van der Waals surface area contributed by atoms with Crippen LogP contribution in [-0.4, -0.2) is 35.5 Å². The average Bonchev–Trinajstić information content (AvgIpc) is 2.65. The summed E-state index contributed by atoms with van der Waals surface area (Å²) in [6, 6.07) is 6.66. The van der Waals surface area contributed by atoms with Crippen LogP contribution in [0.5, 0.6) is 0 Å². The minimum absolute atomic E-state index is 0.144. The second kappa shape index (κ2) is 8.50. The smallest absolute Gasteiger partial charge is 0.303 e. The minimum Gasteiger partial charge on any atom is -0.456 e. The number of hydrogen-bond donors (Lipinski definition) is 1. The number of benzene rings is 1. The van der Waals surface area contributed by atoms with Gasteiger partial charge in [-0.25, -0.2) is 4.98 Å². The molecule has 0 saturated carbocycles. The van der Waals surface area contributed by atoms with E-state index in [1.54, 1.807) is 24.4 Å². The largest absolute Gasteiger partial charge is 0.456 e. The topological polar surface area (TPSA) is 97.7 Å². The molecule has 144 valence electrons. The quantitative estimate of drug-likeness (QED) is 0.745. The maximum Gasteiger partial charge on any atom is 0.303 e. The normalized spacial score (nSPS) is 15.1. The number of amides is 1. The first-order chi connectivity index (χ1) is 13.3. The molecule has 2 heterocycles. The number of carbonyl (C=O) groups is 3. The number of carbonyl (C=O) groups excluding carboxylic acids is 3. The molecule has 7 nitrogen and oxygen atoms in total. The summed E-state index contributed by atoms with van der Waals surface area (Å²) < 4.78 is 4.62. The molecule has 0 fully saturated rings. The first-order valence-corrected chi connectivity index (χ1v) is 9.04. The monoisotopic (exact) mass is 419 g/mol. The second-order valence-electron chi connectivity index (χ2n) is 6.12. The molecular weight excluding hydrogens is 405 g/mol. The van der Waals surface area contributed by atoms with E-state index in [9.17, 15) is 14.4 Å². The van der Waals surface area contributed by atoms with Crippen LogP contribution in [0.4, 0.5) is 11.5 Å². The molecule has 1 unspecified atom stereocenters. The zero-order valence-electron chi connectivity index (χ0n) is 14.7. The van der Waals surface area contributed by atoms with Crippen molar-refractivity contribution in [2.75, 3.05) is 11.9 Å². The van der Waals surface area contributed by atoms with Crippen LogP contribution in [0.25, 0.3) is 0 Å². The summed E-state index contributed by atoms with van der Waals surface area (Å²) in [4.78, 5) is 43.7. The maximum atomic E-state index is 12.9. The van der Waals surface area contributed by atoms with E-state index in [-0.39, 0.29) is 11.6 Å². The summed E-state index contributed by atoms with van der Waals surface area (Å²) >= 11 is 12.0. The van der Waals surface area contributed by atoms with E-state index in [4.69, 9.17) is 23.2 Å². The molecule has 1 aliphatic rings. The van der Waals surface area contributed by atoms with Gasteiger partial charge in [-0.3, -0.25) is 19.4 Å². The number of nitrogens with zero attached hydrogens (tertiary/aromatic N) is 2. The second-order valence-corrected chi connectivity index (χ2v) is 6.93. The average molecular weight is 420 g/mol. The summed E-state index contributed by atoms with van der Waals surface area (Å²) in [7, 11) is 0. The first kappa shape index (κ1) is 20.0. The van der Waals surface area contributed by atoms with Crippen LogP contribution in [-0.2, 0) is 20.7 Å². The number of aliphatic imine (C=N–C) groups is 1. The van der Waals surface area contributed by atoms with Crippen LogP contribution >= 0.6 is 23.2 Å². The zero-order valence-corrected chi connectivity index (χ0v) is 16.3. The van der Waals surface area contributed by atoms with Crippen molar-refractivity contribution >= 4 is 58.6 Å². The minimum atomic E-state index is -0.566. The van der Waals surface area contributed by atoms with Crippen molar-refractivity contribution in [1.82, 2.24) is 4.98 Å². The third-order valence-electron chi connectivity index (χ3n) is 3.99. The lowest BCUT2D eigenvalue weighted by molar-refractivity contribution is -0.144. The Hall–Kier alpha value is -2.77. The van der Waals surface area contributed by atoms with E-state index < -0.39 is 24.4 Å². The van der Waals surface area contributed by atoms with E-state index >= 15 is 0 Å². The van der Waals surface area contributed by atoms with Gasteiger partial charge in [0, 0.05) is 18.7 Å². The molecule has 1 amide bonds.